The van der Waals surface area contributed by atoms with Crippen LogP contribution in [0.4, 0.5) is 5.69 Å². The van der Waals surface area contributed by atoms with E-state index in [0.29, 0.717) is 5.56 Å². The molecule has 3 nitrogen and oxygen atoms in total. The number of nitrogens with one attached hydrogen (secondary N) is 2. The summed E-state index contributed by atoms with van der Waals surface area (Å²) in [6.07, 6.45) is 0. The van der Waals surface area contributed by atoms with E-state index in [4.69, 9.17) is 0 Å². The van der Waals surface area contributed by atoms with Gasteiger partial charge in [-0.1, -0.05) is 12.1 Å². The Morgan fingerprint density at radius 3 is 2.62 bits per heavy atom. The number of anilines is 1. The van der Waals surface area contributed by atoms with E-state index in [1.165, 1.54) is 15.3 Å². The highest BCUT2D eigenvalue weighted by molar-refractivity contribution is 7.12. The largest absolute Gasteiger partial charge is 0.385 e. The molecule has 21 heavy (non-hydrogen) atoms. The molecule has 112 valence electrons. The number of thiophene rings is 1. The van der Waals surface area contributed by atoms with Crippen LogP contribution in [0.2, 0.25) is 0 Å². The topological polar surface area (TPSA) is 41.1 Å². The van der Waals surface area contributed by atoms with E-state index in [9.17, 15) is 4.79 Å². The maximum atomic E-state index is 12.5. The van der Waals surface area contributed by atoms with E-state index < -0.39 is 0 Å². The Morgan fingerprint density at radius 1 is 1.29 bits per heavy atom. The third-order valence-electron chi connectivity index (χ3n) is 3.43. The number of benzene rings is 1. The van der Waals surface area contributed by atoms with Crippen LogP contribution in [0.25, 0.3) is 0 Å². The highest BCUT2D eigenvalue weighted by atomic mass is 32.1. The van der Waals surface area contributed by atoms with Gasteiger partial charge < -0.3 is 10.6 Å². The Morgan fingerprint density at radius 2 is 2.00 bits per heavy atom. The van der Waals surface area contributed by atoms with Crippen LogP contribution in [0.15, 0.2) is 30.3 Å². The number of carbonyl (C=O) groups is 1. The van der Waals surface area contributed by atoms with Crippen molar-refractivity contribution < 1.29 is 4.79 Å². The van der Waals surface area contributed by atoms with Crippen molar-refractivity contribution in [2.75, 3.05) is 11.9 Å². The molecule has 0 aliphatic heterocycles. The lowest BCUT2D eigenvalue weighted by atomic mass is 10.1. The van der Waals surface area contributed by atoms with Crippen LogP contribution >= 0.6 is 11.3 Å². The van der Waals surface area contributed by atoms with Crippen LogP contribution in [0.3, 0.4) is 0 Å². The molecule has 0 saturated carbocycles. The van der Waals surface area contributed by atoms with Gasteiger partial charge in [0.15, 0.2) is 0 Å². The maximum Gasteiger partial charge on any atom is 0.253 e. The van der Waals surface area contributed by atoms with Gasteiger partial charge in [0, 0.05) is 22.0 Å². The number of hydrogen-bond acceptors (Lipinski definition) is 3. The average molecular weight is 302 g/mol. The molecule has 0 aliphatic rings. The fourth-order valence-electron chi connectivity index (χ4n) is 2.46. The van der Waals surface area contributed by atoms with Gasteiger partial charge in [-0.25, -0.2) is 0 Å². The van der Waals surface area contributed by atoms with Gasteiger partial charge in [-0.15, -0.1) is 11.3 Å². The number of carbonyl (C=O) groups excluding carboxylic acids is 1. The highest BCUT2D eigenvalue weighted by Gasteiger charge is 2.16. The molecule has 2 N–H and O–H groups in total. The fraction of sp³-hybridized carbons (Fsp3) is 0.353. The second-order valence-corrected chi connectivity index (χ2v) is 6.60. The highest BCUT2D eigenvalue weighted by Crippen LogP contribution is 2.26. The van der Waals surface area contributed by atoms with Crippen molar-refractivity contribution >= 4 is 22.9 Å². The molecule has 2 rings (SSSR count). The first-order valence-electron chi connectivity index (χ1n) is 7.23. The van der Waals surface area contributed by atoms with Gasteiger partial charge in [0.1, 0.15) is 0 Å². The fourth-order valence-corrected chi connectivity index (χ4v) is 3.48. The SMILES string of the molecule is CCNc1ccccc1C(=O)NC(C)c1cc(C)sc1C. The third kappa shape index (κ3) is 3.64. The molecule has 0 saturated heterocycles. The first kappa shape index (κ1) is 15.6. The Kier molecular flexibility index (Phi) is 5.02. The molecule has 0 radical (unpaired) electrons. The van der Waals surface area contributed by atoms with Gasteiger partial charge in [0.2, 0.25) is 0 Å². The van der Waals surface area contributed by atoms with Crippen LogP contribution in [0.1, 0.15) is 45.6 Å². The van der Waals surface area contributed by atoms with Crippen LogP contribution < -0.4 is 10.6 Å². The maximum absolute atomic E-state index is 12.5. The molecule has 0 fully saturated rings. The second kappa shape index (κ2) is 6.76. The van der Waals surface area contributed by atoms with Crippen LogP contribution in [-0.4, -0.2) is 12.5 Å². The summed E-state index contributed by atoms with van der Waals surface area (Å²) >= 11 is 1.77. The van der Waals surface area contributed by atoms with E-state index in [1.807, 2.05) is 38.1 Å². The van der Waals surface area contributed by atoms with Crippen molar-refractivity contribution in [3.8, 4) is 0 Å². The lowest BCUT2D eigenvalue weighted by molar-refractivity contribution is 0.0940. The minimum absolute atomic E-state index is 0.0112. The molecule has 1 amide bonds. The number of para-hydroxylation sites is 1. The zero-order valence-electron chi connectivity index (χ0n) is 13.0. The molecule has 2 aromatic rings. The molecular formula is C17H22N2OS. The van der Waals surface area contributed by atoms with Crippen molar-refractivity contribution in [1.29, 1.82) is 0 Å². The van der Waals surface area contributed by atoms with E-state index >= 15 is 0 Å². The Hall–Kier alpha value is -1.81. The monoisotopic (exact) mass is 302 g/mol. The Labute approximate surface area is 130 Å². The van der Waals surface area contributed by atoms with Gasteiger partial charge in [0.05, 0.1) is 11.6 Å². The average Bonchev–Trinajstić information content (AvgIpc) is 2.78. The summed E-state index contributed by atoms with van der Waals surface area (Å²) in [6, 6.07) is 9.78. The van der Waals surface area contributed by atoms with E-state index in [2.05, 4.69) is 30.5 Å². The summed E-state index contributed by atoms with van der Waals surface area (Å²) in [6.45, 7) is 9.04. The van der Waals surface area contributed by atoms with Gasteiger partial charge in [-0.2, -0.15) is 0 Å². The summed E-state index contributed by atoms with van der Waals surface area (Å²) in [7, 11) is 0. The molecule has 1 aromatic heterocycles. The standard InChI is InChI=1S/C17H22N2OS/c1-5-18-16-9-7-6-8-14(16)17(20)19-12(3)15-10-11(2)21-13(15)4/h6-10,12,18H,5H2,1-4H3,(H,19,20). The summed E-state index contributed by atoms with van der Waals surface area (Å²) in [5.41, 5.74) is 2.77. The molecule has 1 aromatic carbocycles. The molecule has 0 aliphatic carbocycles. The van der Waals surface area contributed by atoms with Gasteiger partial charge in [-0.05, 0) is 51.5 Å². The van der Waals surface area contributed by atoms with Crippen LogP contribution in [0.5, 0.6) is 0 Å². The predicted octanol–water partition coefficient (Wildman–Crippen LogP) is 4.29. The van der Waals surface area contributed by atoms with Gasteiger partial charge in [0.25, 0.3) is 5.91 Å². The molecule has 1 unspecified atom stereocenters. The van der Waals surface area contributed by atoms with Crippen molar-refractivity contribution in [3.05, 3.63) is 51.2 Å². The molecule has 1 atom stereocenters. The quantitative estimate of drug-likeness (QED) is 0.865. The third-order valence-corrected chi connectivity index (χ3v) is 4.41. The number of amides is 1. The molecular weight excluding hydrogens is 280 g/mol. The smallest absolute Gasteiger partial charge is 0.253 e. The minimum atomic E-state index is -0.0395. The Bertz CT molecular complexity index is 633. The second-order valence-electron chi connectivity index (χ2n) is 5.14. The normalized spacial score (nSPS) is 12.0. The zero-order chi connectivity index (χ0) is 15.4. The van der Waals surface area contributed by atoms with Crippen LogP contribution in [-0.2, 0) is 0 Å². The van der Waals surface area contributed by atoms with Crippen molar-refractivity contribution in [3.63, 3.8) is 0 Å². The van der Waals surface area contributed by atoms with Gasteiger partial charge in [-0.3, -0.25) is 4.79 Å². The zero-order valence-corrected chi connectivity index (χ0v) is 13.8. The Balaban J connectivity index is 2.16. The predicted molar refractivity (Wildman–Crippen MR) is 90.3 cm³/mol. The summed E-state index contributed by atoms with van der Waals surface area (Å²) in [5.74, 6) is -0.0395. The van der Waals surface area contributed by atoms with Crippen molar-refractivity contribution in [2.24, 2.45) is 0 Å². The lowest BCUT2D eigenvalue weighted by Crippen LogP contribution is -2.27. The van der Waals surface area contributed by atoms with Crippen LogP contribution in [0, 0.1) is 13.8 Å². The van der Waals surface area contributed by atoms with Crippen molar-refractivity contribution in [2.45, 2.75) is 33.7 Å². The summed E-state index contributed by atoms with van der Waals surface area (Å²) < 4.78 is 0. The number of aryl methyl sites for hydroxylation is 2. The number of hydrogen-bond donors (Lipinski definition) is 2. The first-order chi connectivity index (χ1) is 10.0. The molecule has 0 bridgehead atoms. The molecule has 1 heterocycles. The summed E-state index contributed by atoms with van der Waals surface area (Å²) in [4.78, 5) is 15.0. The van der Waals surface area contributed by atoms with Crippen molar-refractivity contribution in [1.82, 2.24) is 5.32 Å². The van der Waals surface area contributed by atoms with E-state index in [0.717, 1.165) is 12.2 Å². The van der Waals surface area contributed by atoms with Gasteiger partial charge >= 0.3 is 0 Å². The first-order valence-corrected chi connectivity index (χ1v) is 8.05. The molecule has 0 spiro atoms. The molecule has 4 heteroatoms. The number of rotatable bonds is 5. The lowest BCUT2D eigenvalue weighted by Gasteiger charge is -2.16. The van der Waals surface area contributed by atoms with E-state index in [1.54, 1.807) is 11.3 Å². The van der Waals surface area contributed by atoms with E-state index in [-0.39, 0.29) is 11.9 Å². The minimum Gasteiger partial charge on any atom is -0.385 e. The summed E-state index contributed by atoms with van der Waals surface area (Å²) in [5, 5.41) is 6.32.